The molecular formula is C24H19NO3. The van der Waals surface area contributed by atoms with Crippen LogP contribution in [0, 0.1) is 6.92 Å². The first-order chi connectivity index (χ1) is 13.6. The van der Waals surface area contributed by atoms with E-state index in [2.05, 4.69) is 0 Å². The Balaban J connectivity index is 1.94. The molecule has 0 aliphatic carbocycles. The number of benzene rings is 3. The highest BCUT2D eigenvalue weighted by molar-refractivity contribution is 6.51. The molecule has 1 amide bonds. The monoisotopic (exact) mass is 369 g/mol. The third kappa shape index (κ3) is 2.99. The van der Waals surface area contributed by atoms with E-state index in [1.54, 1.807) is 24.3 Å². The molecule has 3 aromatic rings. The molecule has 1 saturated heterocycles. The number of hydrogen-bond donors (Lipinski definition) is 1. The first-order valence-electron chi connectivity index (χ1n) is 9.06. The normalized spacial score (nSPS) is 18.5. The number of carbonyl (C=O) groups excluding carboxylic acids is 2. The van der Waals surface area contributed by atoms with E-state index in [0.717, 1.165) is 11.1 Å². The van der Waals surface area contributed by atoms with Gasteiger partial charge < -0.3 is 5.11 Å². The summed E-state index contributed by atoms with van der Waals surface area (Å²) >= 11 is 0. The maximum atomic E-state index is 13.0. The van der Waals surface area contributed by atoms with Crippen LogP contribution in [0.25, 0.3) is 5.76 Å². The molecule has 0 aromatic heterocycles. The second-order valence-electron chi connectivity index (χ2n) is 6.78. The van der Waals surface area contributed by atoms with Crippen molar-refractivity contribution in [3.63, 3.8) is 0 Å². The number of ketones is 1. The van der Waals surface area contributed by atoms with Crippen molar-refractivity contribution in [2.45, 2.75) is 13.0 Å². The number of aryl methyl sites for hydroxylation is 1. The van der Waals surface area contributed by atoms with Crippen molar-refractivity contribution in [2.24, 2.45) is 0 Å². The number of amides is 1. The maximum Gasteiger partial charge on any atom is 0.300 e. The first-order valence-corrected chi connectivity index (χ1v) is 9.06. The van der Waals surface area contributed by atoms with Gasteiger partial charge in [0.2, 0.25) is 0 Å². The van der Waals surface area contributed by atoms with Gasteiger partial charge in [0.1, 0.15) is 5.76 Å². The fourth-order valence-electron chi connectivity index (χ4n) is 3.51. The Kier molecular flexibility index (Phi) is 4.53. The molecule has 1 aliphatic rings. The quantitative estimate of drug-likeness (QED) is 0.416. The summed E-state index contributed by atoms with van der Waals surface area (Å²) < 4.78 is 0. The van der Waals surface area contributed by atoms with Crippen molar-refractivity contribution in [3.05, 3.63) is 107 Å². The zero-order chi connectivity index (χ0) is 19.7. The van der Waals surface area contributed by atoms with E-state index >= 15 is 0 Å². The van der Waals surface area contributed by atoms with Crippen LogP contribution >= 0.6 is 0 Å². The number of rotatable bonds is 3. The van der Waals surface area contributed by atoms with Gasteiger partial charge in [-0.3, -0.25) is 14.5 Å². The molecule has 3 aromatic carbocycles. The summed E-state index contributed by atoms with van der Waals surface area (Å²) in [5.41, 5.74) is 3.04. The third-order valence-corrected chi connectivity index (χ3v) is 4.92. The number of aliphatic hydroxyl groups is 1. The molecule has 0 bridgehead atoms. The summed E-state index contributed by atoms with van der Waals surface area (Å²) in [5, 5.41) is 10.9. The molecule has 138 valence electrons. The average molecular weight is 369 g/mol. The van der Waals surface area contributed by atoms with Gasteiger partial charge in [-0.25, -0.2) is 0 Å². The van der Waals surface area contributed by atoms with Gasteiger partial charge in [-0.15, -0.1) is 0 Å². The summed E-state index contributed by atoms with van der Waals surface area (Å²) in [4.78, 5) is 27.4. The number of Topliss-reactive ketones (excluding diaryl/α,β-unsaturated/α-hetero) is 1. The highest BCUT2D eigenvalue weighted by atomic mass is 16.3. The fraction of sp³-hybridized carbons (Fsp3) is 0.0833. The van der Waals surface area contributed by atoms with Crippen LogP contribution in [-0.4, -0.2) is 16.8 Å². The fourth-order valence-corrected chi connectivity index (χ4v) is 3.51. The molecule has 4 rings (SSSR count). The van der Waals surface area contributed by atoms with Gasteiger partial charge in [0.15, 0.2) is 0 Å². The van der Waals surface area contributed by atoms with Crippen molar-refractivity contribution >= 4 is 23.1 Å². The van der Waals surface area contributed by atoms with E-state index in [9.17, 15) is 14.7 Å². The molecule has 1 aliphatic heterocycles. The summed E-state index contributed by atoms with van der Waals surface area (Å²) in [6.07, 6.45) is 0. The predicted octanol–water partition coefficient (Wildman–Crippen LogP) is 4.62. The Hall–Kier alpha value is -3.66. The molecule has 4 nitrogen and oxygen atoms in total. The molecule has 1 heterocycles. The van der Waals surface area contributed by atoms with E-state index < -0.39 is 17.7 Å². The standard InChI is InChI=1S/C24H19NO3/c1-16-12-14-19(15-13-16)25-21(17-8-4-2-5-9-17)20(23(27)24(25)28)22(26)18-10-6-3-7-11-18/h2-15,21,26H,1H3/t21-/m1/s1. The van der Waals surface area contributed by atoms with Gasteiger partial charge in [0, 0.05) is 11.3 Å². The number of anilines is 1. The molecule has 4 heteroatoms. The number of carbonyl (C=O) groups is 2. The lowest BCUT2D eigenvalue weighted by Crippen LogP contribution is -2.29. The summed E-state index contributed by atoms with van der Waals surface area (Å²) in [6, 6.07) is 24.9. The second kappa shape index (κ2) is 7.16. The summed E-state index contributed by atoms with van der Waals surface area (Å²) in [6.45, 7) is 1.96. The van der Waals surface area contributed by atoms with Crippen LogP contribution in [0.2, 0.25) is 0 Å². The Morgan fingerprint density at radius 1 is 0.821 bits per heavy atom. The Morgan fingerprint density at radius 2 is 1.39 bits per heavy atom. The summed E-state index contributed by atoms with van der Waals surface area (Å²) in [7, 11) is 0. The van der Waals surface area contributed by atoms with Gasteiger partial charge in [-0.05, 0) is 24.6 Å². The smallest absolute Gasteiger partial charge is 0.300 e. The number of aliphatic hydroxyl groups excluding tert-OH is 1. The topological polar surface area (TPSA) is 57.6 Å². The zero-order valence-corrected chi connectivity index (χ0v) is 15.4. The van der Waals surface area contributed by atoms with Crippen molar-refractivity contribution < 1.29 is 14.7 Å². The van der Waals surface area contributed by atoms with Gasteiger partial charge in [0.25, 0.3) is 11.7 Å². The molecular weight excluding hydrogens is 350 g/mol. The minimum atomic E-state index is -0.691. The third-order valence-electron chi connectivity index (χ3n) is 4.92. The SMILES string of the molecule is Cc1ccc(N2C(=O)C(=O)C(=C(O)c3ccccc3)[C@H]2c2ccccc2)cc1. The number of hydrogen-bond acceptors (Lipinski definition) is 3. The van der Waals surface area contributed by atoms with Crippen LogP contribution in [0.15, 0.2) is 90.5 Å². The van der Waals surface area contributed by atoms with Crippen LogP contribution in [-0.2, 0) is 9.59 Å². The lowest BCUT2D eigenvalue weighted by molar-refractivity contribution is -0.132. The molecule has 28 heavy (non-hydrogen) atoms. The van der Waals surface area contributed by atoms with Crippen LogP contribution in [0.5, 0.6) is 0 Å². The second-order valence-corrected chi connectivity index (χ2v) is 6.78. The van der Waals surface area contributed by atoms with Gasteiger partial charge in [-0.1, -0.05) is 78.4 Å². The lowest BCUT2D eigenvalue weighted by atomic mass is 9.95. The predicted molar refractivity (Wildman–Crippen MR) is 109 cm³/mol. The molecule has 0 saturated carbocycles. The molecule has 1 N–H and O–H groups in total. The Bertz CT molecular complexity index is 1050. The van der Waals surface area contributed by atoms with Crippen molar-refractivity contribution in [1.29, 1.82) is 0 Å². The zero-order valence-electron chi connectivity index (χ0n) is 15.4. The first kappa shape index (κ1) is 17.7. The van der Waals surface area contributed by atoms with Gasteiger partial charge in [-0.2, -0.15) is 0 Å². The highest BCUT2D eigenvalue weighted by Crippen LogP contribution is 2.41. The van der Waals surface area contributed by atoms with E-state index in [-0.39, 0.29) is 11.3 Å². The largest absolute Gasteiger partial charge is 0.507 e. The Morgan fingerprint density at radius 3 is 2.00 bits per heavy atom. The van der Waals surface area contributed by atoms with Crippen molar-refractivity contribution in [1.82, 2.24) is 0 Å². The van der Waals surface area contributed by atoms with Gasteiger partial charge in [0.05, 0.1) is 11.6 Å². The lowest BCUT2D eigenvalue weighted by Gasteiger charge is -2.25. The van der Waals surface area contributed by atoms with Crippen LogP contribution in [0.3, 0.4) is 0 Å². The minimum absolute atomic E-state index is 0.1000. The molecule has 0 radical (unpaired) electrons. The van der Waals surface area contributed by atoms with E-state index in [4.69, 9.17) is 0 Å². The molecule has 1 atom stereocenters. The molecule has 0 spiro atoms. The van der Waals surface area contributed by atoms with Crippen LogP contribution in [0.4, 0.5) is 5.69 Å². The molecule has 1 fully saturated rings. The van der Waals surface area contributed by atoms with Gasteiger partial charge >= 0.3 is 0 Å². The number of nitrogens with zero attached hydrogens (tertiary/aromatic N) is 1. The van der Waals surface area contributed by atoms with Crippen LogP contribution in [0.1, 0.15) is 22.7 Å². The average Bonchev–Trinajstić information content (AvgIpc) is 3.00. The van der Waals surface area contributed by atoms with Crippen molar-refractivity contribution in [2.75, 3.05) is 4.90 Å². The minimum Gasteiger partial charge on any atom is -0.507 e. The molecule has 0 unspecified atom stereocenters. The van der Waals surface area contributed by atoms with E-state index in [1.807, 2.05) is 67.6 Å². The van der Waals surface area contributed by atoms with E-state index in [1.165, 1.54) is 4.90 Å². The highest BCUT2D eigenvalue weighted by Gasteiger charge is 2.46. The maximum absolute atomic E-state index is 13.0. The van der Waals surface area contributed by atoms with E-state index in [0.29, 0.717) is 11.3 Å². The summed E-state index contributed by atoms with van der Waals surface area (Å²) in [5.74, 6) is -1.49. The van der Waals surface area contributed by atoms with Crippen molar-refractivity contribution in [3.8, 4) is 0 Å². The Labute approximate surface area is 163 Å². The van der Waals surface area contributed by atoms with Crippen LogP contribution < -0.4 is 4.90 Å².